The highest BCUT2D eigenvalue weighted by molar-refractivity contribution is 14.1. The third-order valence-corrected chi connectivity index (χ3v) is 6.74. The summed E-state index contributed by atoms with van der Waals surface area (Å²) in [5.74, 6) is 0.212. The van der Waals surface area contributed by atoms with Crippen LogP contribution in [0.15, 0.2) is 48.6 Å². The van der Waals surface area contributed by atoms with Crippen molar-refractivity contribution in [3.05, 3.63) is 52.1 Å². The molecule has 0 fully saturated rings. The van der Waals surface area contributed by atoms with Crippen LogP contribution in [0.4, 0.5) is 0 Å². The van der Waals surface area contributed by atoms with E-state index in [0.717, 1.165) is 29.3 Å². The second kappa shape index (κ2) is 15.2. The number of para-hydroxylation sites is 1. The summed E-state index contributed by atoms with van der Waals surface area (Å²) >= 11 is 2.16. The Morgan fingerprint density at radius 3 is 2.74 bits per heavy atom. The van der Waals surface area contributed by atoms with E-state index >= 15 is 0 Å². The van der Waals surface area contributed by atoms with Gasteiger partial charge in [-0.3, -0.25) is 9.59 Å². The summed E-state index contributed by atoms with van der Waals surface area (Å²) in [5.41, 5.74) is 0.440. The highest BCUT2D eigenvalue weighted by atomic mass is 127. The standard InChI is InChI=1S/C26H37IN2O5/c1-3-5-7-10-15-29(24(31)13-6-4-2)21-17-19(26(33)28-14-16-30)18-23(25(21)32)34-22-12-9-8-11-20(22)27/h4,8-9,11-12,18,21,23,25,30,32H,2-3,5-7,10,13-17H2,1H3,(H,28,33)/t21-,23+,25+/m1/s1. The number of ether oxygens (including phenoxy) is 1. The third kappa shape index (κ3) is 8.39. The summed E-state index contributed by atoms with van der Waals surface area (Å²) in [5, 5.41) is 23.1. The lowest BCUT2D eigenvalue weighted by Crippen LogP contribution is -2.55. The van der Waals surface area contributed by atoms with Crippen LogP contribution in [0, 0.1) is 3.57 Å². The van der Waals surface area contributed by atoms with E-state index in [4.69, 9.17) is 9.84 Å². The number of nitrogens with one attached hydrogen (secondary N) is 1. The van der Waals surface area contributed by atoms with E-state index in [-0.39, 0.29) is 31.4 Å². The fourth-order valence-electron chi connectivity index (χ4n) is 4.02. The van der Waals surface area contributed by atoms with E-state index in [0.29, 0.717) is 30.7 Å². The number of halogens is 1. The number of aliphatic hydroxyl groups excluding tert-OH is 2. The van der Waals surface area contributed by atoms with E-state index in [1.165, 1.54) is 0 Å². The number of hydrogen-bond acceptors (Lipinski definition) is 5. The van der Waals surface area contributed by atoms with Gasteiger partial charge in [-0.2, -0.15) is 0 Å². The molecule has 1 aromatic rings. The predicted octanol–water partition coefficient (Wildman–Crippen LogP) is 3.58. The maximum atomic E-state index is 13.2. The molecule has 3 atom stereocenters. The summed E-state index contributed by atoms with van der Waals surface area (Å²) in [6.07, 6.45) is 6.61. The quantitative estimate of drug-likeness (QED) is 0.177. The molecule has 3 N–H and O–H groups in total. The Hall–Kier alpha value is -1.91. The molecule has 1 aliphatic carbocycles. The lowest BCUT2D eigenvalue weighted by Gasteiger charge is -2.40. The molecule has 2 amide bonds. The van der Waals surface area contributed by atoms with Crippen LogP contribution in [-0.2, 0) is 9.59 Å². The Kier molecular flexibility index (Phi) is 12.6. The zero-order chi connectivity index (χ0) is 24.9. The molecule has 1 aliphatic rings. The smallest absolute Gasteiger partial charge is 0.247 e. The Bertz CT molecular complexity index is 844. The Labute approximate surface area is 216 Å². The van der Waals surface area contributed by atoms with Gasteiger partial charge in [0.2, 0.25) is 11.8 Å². The Morgan fingerprint density at radius 2 is 2.06 bits per heavy atom. The molecule has 0 saturated carbocycles. The second-order valence-corrected chi connectivity index (χ2v) is 9.58. The molecule has 188 valence electrons. The van der Waals surface area contributed by atoms with E-state index in [2.05, 4.69) is 41.4 Å². The number of amides is 2. The van der Waals surface area contributed by atoms with Crippen LogP contribution in [0.3, 0.4) is 0 Å². The first-order valence-corrected chi connectivity index (χ1v) is 13.1. The molecule has 7 nitrogen and oxygen atoms in total. The van der Waals surface area contributed by atoms with Gasteiger partial charge in [0, 0.05) is 31.5 Å². The topological polar surface area (TPSA) is 99.1 Å². The van der Waals surface area contributed by atoms with Gasteiger partial charge in [0.25, 0.3) is 0 Å². The number of aliphatic hydroxyl groups is 2. The lowest BCUT2D eigenvalue weighted by molar-refractivity contribution is -0.138. The number of unbranched alkanes of at least 4 members (excludes halogenated alkanes) is 3. The molecule has 0 aromatic heterocycles. The molecule has 34 heavy (non-hydrogen) atoms. The van der Waals surface area contributed by atoms with Gasteiger partial charge in [0.1, 0.15) is 18.0 Å². The van der Waals surface area contributed by atoms with Crippen LogP contribution in [0.2, 0.25) is 0 Å². The molecule has 0 spiro atoms. The SMILES string of the molecule is C=CCCC(=O)N(CCCCCC)[C@@H]1CC(C(=O)NCCO)=C[C@H](Oc2ccccc2I)[C@H]1O. The van der Waals surface area contributed by atoms with Crippen molar-refractivity contribution >= 4 is 34.4 Å². The van der Waals surface area contributed by atoms with Crippen LogP contribution >= 0.6 is 22.6 Å². The van der Waals surface area contributed by atoms with Gasteiger partial charge in [-0.05, 0) is 53.6 Å². The zero-order valence-corrected chi connectivity index (χ0v) is 22.1. The minimum absolute atomic E-state index is 0.0643. The molecule has 0 unspecified atom stereocenters. The van der Waals surface area contributed by atoms with Crippen molar-refractivity contribution in [1.82, 2.24) is 10.2 Å². The van der Waals surface area contributed by atoms with Crippen molar-refractivity contribution < 1.29 is 24.5 Å². The van der Waals surface area contributed by atoms with E-state index in [1.54, 1.807) is 17.1 Å². The van der Waals surface area contributed by atoms with Gasteiger partial charge in [-0.15, -0.1) is 6.58 Å². The fourth-order valence-corrected chi connectivity index (χ4v) is 4.53. The molecule has 2 rings (SSSR count). The van der Waals surface area contributed by atoms with Crippen LogP contribution in [0.1, 0.15) is 51.9 Å². The number of allylic oxidation sites excluding steroid dienone is 1. The van der Waals surface area contributed by atoms with Gasteiger partial charge in [0.05, 0.1) is 16.2 Å². The number of hydrogen-bond donors (Lipinski definition) is 3. The normalized spacial score (nSPS) is 19.8. The van der Waals surface area contributed by atoms with Crippen LogP contribution in [0.25, 0.3) is 0 Å². The number of rotatable bonds is 14. The summed E-state index contributed by atoms with van der Waals surface area (Å²) in [7, 11) is 0. The first-order valence-electron chi connectivity index (χ1n) is 12.0. The van der Waals surface area contributed by atoms with E-state index < -0.39 is 18.2 Å². The largest absolute Gasteiger partial charge is 0.482 e. The van der Waals surface area contributed by atoms with Crippen molar-refractivity contribution in [2.24, 2.45) is 0 Å². The molecule has 0 saturated heterocycles. The monoisotopic (exact) mass is 584 g/mol. The molecule has 1 aromatic carbocycles. The molecule has 0 radical (unpaired) electrons. The van der Waals surface area contributed by atoms with Crippen LogP contribution in [0.5, 0.6) is 5.75 Å². The van der Waals surface area contributed by atoms with Crippen molar-refractivity contribution in [3.63, 3.8) is 0 Å². The summed E-state index contributed by atoms with van der Waals surface area (Å²) < 4.78 is 7.03. The molecule has 0 aliphatic heterocycles. The number of nitrogens with zero attached hydrogens (tertiary/aromatic N) is 1. The maximum Gasteiger partial charge on any atom is 0.247 e. The van der Waals surface area contributed by atoms with Crippen molar-refractivity contribution in [2.75, 3.05) is 19.7 Å². The molecular formula is C26H37IN2O5. The van der Waals surface area contributed by atoms with Gasteiger partial charge < -0.3 is 25.2 Å². The van der Waals surface area contributed by atoms with Crippen LogP contribution < -0.4 is 10.1 Å². The average Bonchev–Trinajstić information content (AvgIpc) is 2.84. The molecule has 8 heteroatoms. The first-order chi connectivity index (χ1) is 16.4. The van der Waals surface area contributed by atoms with Gasteiger partial charge >= 0.3 is 0 Å². The van der Waals surface area contributed by atoms with Crippen LogP contribution in [-0.4, -0.2) is 64.9 Å². The minimum atomic E-state index is -0.996. The summed E-state index contributed by atoms with van der Waals surface area (Å²) in [6.45, 7) is 6.32. The molecule has 0 heterocycles. The summed E-state index contributed by atoms with van der Waals surface area (Å²) in [4.78, 5) is 27.7. The van der Waals surface area contributed by atoms with Crippen molar-refractivity contribution in [2.45, 2.75) is 70.1 Å². The number of benzene rings is 1. The van der Waals surface area contributed by atoms with Crippen molar-refractivity contribution in [3.8, 4) is 5.75 Å². The second-order valence-electron chi connectivity index (χ2n) is 8.42. The molecule has 0 bridgehead atoms. The van der Waals surface area contributed by atoms with Gasteiger partial charge in [-0.25, -0.2) is 0 Å². The van der Waals surface area contributed by atoms with E-state index in [9.17, 15) is 14.7 Å². The predicted molar refractivity (Wildman–Crippen MR) is 141 cm³/mol. The van der Waals surface area contributed by atoms with E-state index in [1.807, 2.05) is 24.3 Å². The van der Waals surface area contributed by atoms with Gasteiger partial charge in [-0.1, -0.05) is 44.4 Å². The Morgan fingerprint density at radius 1 is 1.29 bits per heavy atom. The molecular weight excluding hydrogens is 547 g/mol. The Balaban J connectivity index is 2.34. The number of carbonyl (C=O) groups is 2. The van der Waals surface area contributed by atoms with Gasteiger partial charge in [0.15, 0.2) is 0 Å². The lowest BCUT2D eigenvalue weighted by atomic mass is 9.87. The number of carbonyl (C=O) groups excluding carboxylic acids is 2. The maximum absolute atomic E-state index is 13.2. The van der Waals surface area contributed by atoms with Crippen molar-refractivity contribution in [1.29, 1.82) is 0 Å². The third-order valence-electron chi connectivity index (χ3n) is 5.85. The zero-order valence-electron chi connectivity index (χ0n) is 19.9. The fraction of sp³-hybridized carbons (Fsp3) is 0.538. The highest BCUT2D eigenvalue weighted by Gasteiger charge is 2.40. The summed E-state index contributed by atoms with van der Waals surface area (Å²) in [6, 6.07) is 6.87. The highest BCUT2D eigenvalue weighted by Crippen LogP contribution is 2.30. The minimum Gasteiger partial charge on any atom is -0.482 e. The average molecular weight is 584 g/mol. The first kappa shape index (κ1) is 28.3.